The van der Waals surface area contributed by atoms with Gasteiger partial charge in [0.2, 0.25) is 5.91 Å². The highest BCUT2D eigenvalue weighted by atomic mass is 16.2. The Kier molecular flexibility index (Phi) is 3.54. The number of hydrogen-bond donors (Lipinski definition) is 2. The van der Waals surface area contributed by atoms with Gasteiger partial charge < -0.3 is 11.1 Å². The van der Waals surface area contributed by atoms with E-state index >= 15 is 0 Å². The predicted octanol–water partition coefficient (Wildman–Crippen LogP) is 0.0771. The number of carbonyl (C=O) groups excluding carboxylic acids is 1. The lowest BCUT2D eigenvalue weighted by Crippen LogP contribution is -2.47. The molecular formula is C12H17N3O. The molecule has 0 aliphatic carbocycles. The van der Waals surface area contributed by atoms with Gasteiger partial charge >= 0.3 is 0 Å². The van der Waals surface area contributed by atoms with Crippen LogP contribution in [0.5, 0.6) is 0 Å². The third-order valence-electron chi connectivity index (χ3n) is 2.78. The Labute approximate surface area is 95.4 Å². The molecule has 0 saturated carbocycles. The molecule has 1 aromatic rings. The zero-order valence-corrected chi connectivity index (χ0v) is 9.28. The maximum absolute atomic E-state index is 11.2. The molecule has 0 radical (unpaired) electrons. The van der Waals surface area contributed by atoms with E-state index in [1.807, 2.05) is 12.1 Å². The Morgan fingerprint density at radius 3 is 2.56 bits per heavy atom. The SMILES string of the molecule is NCc1ccc(CN2CCNC(=O)C2)cc1. The van der Waals surface area contributed by atoms with Gasteiger partial charge in [0, 0.05) is 26.2 Å². The summed E-state index contributed by atoms with van der Waals surface area (Å²) in [6, 6.07) is 8.24. The van der Waals surface area contributed by atoms with E-state index in [9.17, 15) is 4.79 Å². The van der Waals surface area contributed by atoms with E-state index in [-0.39, 0.29) is 5.91 Å². The highest BCUT2D eigenvalue weighted by Crippen LogP contribution is 2.08. The van der Waals surface area contributed by atoms with Gasteiger partial charge in [-0.25, -0.2) is 0 Å². The lowest BCUT2D eigenvalue weighted by Gasteiger charge is -2.26. The van der Waals surface area contributed by atoms with Crippen molar-refractivity contribution in [3.8, 4) is 0 Å². The molecule has 1 heterocycles. The third-order valence-corrected chi connectivity index (χ3v) is 2.78. The molecule has 1 aliphatic heterocycles. The summed E-state index contributed by atoms with van der Waals surface area (Å²) in [7, 11) is 0. The molecule has 3 N–H and O–H groups in total. The van der Waals surface area contributed by atoms with Gasteiger partial charge in [0.25, 0.3) is 0 Å². The molecule has 4 heteroatoms. The summed E-state index contributed by atoms with van der Waals surface area (Å²) in [6.45, 7) is 3.58. The molecule has 0 aromatic heterocycles. The van der Waals surface area contributed by atoms with E-state index in [4.69, 9.17) is 5.73 Å². The molecule has 0 unspecified atom stereocenters. The van der Waals surface area contributed by atoms with Crippen molar-refractivity contribution in [3.63, 3.8) is 0 Å². The predicted molar refractivity (Wildman–Crippen MR) is 62.6 cm³/mol. The number of rotatable bonds is 3. The first-order valence-corrected chi connectivity index (χ1v) is 5.55. The average Bonchev–Trinajstić information content (AvgIpc) is 2.30. The molecular weight excluding hydrogens is 202 g/mol. The molecule has 1 aromatic carbocycles. The van der Waals surface area contributed by atoms with E-state index in [2.05, 4.69) is 22.3 Å². The Hall–Kier alpha value is -1.39. The summed E-state index contributed by atoms with van der Waals surface area (Å²) in [4.78, 5) is 13.3. The van der Waals surface area contributed by atoms with Gasteiger partial charge in [-0.05, 0) is 11.1 Å². The van der Waals surface area contributed by atoms with Gasteiger partial charge in [0.05, 0.1) is 6.54 Å². The summed E-state index contributed by atoms with van der Waals surface area (Å²) in [5, 5.41) is 2.82. The van der Waals surface area contributed by atoms with Crippen molar-refractivity contribution >= 4 is 5.91 Å². The Bertz CT molecular complexity index is 361. The molecule has 1 aliphatic rings. The van der Waals surface area contributed by atoms with Gasteiger partial charge in [0.1, 0.15) is 0 Å². The number of carbonyl (C=O) groups is 1. The first-order chi connectivity index (χ1) is 7.78. The number of benzene rings is 1. The highest BCUT2D eigenvalue weighted by molar-refractivity contribution is 5.78. The van der Waals surface area contributed by atoms with Gasteiger partial charge in [0.15, 0.2) is 0 Å². The fourth-order valence-electron chi connectivity index (χ4n) is 1.87. The second-order valence-electron chi connectivity index (χ2n) is 4.08. The first kappa shape index (κ1) is 11.1. The van der Waals surface area contributed by atoms with E-state index in [0.29, 0.717) is 13.1 Å². The molecule has 86 valence electrons. The molecule has 1 saturated heterocycles. The zero-order chi connectivity index (χ0) is 11.4. The van der Waals surface area contributed by atoms with Gasteiger partial charge in [-0.15, -0.1) is 0 Å². The Balaban J connectivity index is 1.94. The summed E-state index contributed by atoms with van der Waals surface area (Å²) in [5.41, 5.74) is 7.91. The van der Waals surface area contributed by atoms with E-state index < -0.39 is 0 Å². The number of amides is 1. The summed E-state index contributed by atoms with van der Waals surface area (Å²) in [6.07, 6.45) is 0. The molecule has 1 amide bonds. The smallest absolute Gasteiger partial charge is 0.234 e. The molecule has 2 rings (SSSR count). The van der Waals surface area contributed by atoms with Crippen molar-refractivity contribution in [2.75, 3.05) is 19.6 Å². The monoisotopic (exact) mass is 219 g/mol. The molecule has 0 bridgehead atoms. The van der Waals surface area contributed by atoms with Crippen molar-refractivity contribution in [2.24, 2.45) is 5.73 Å². The van der Waals surface area contributed by atoms with Gasteiger partial charge in [-0.3, -0.25) is 9.69 Å². The van der Waals surface area contributed by atoms with Crippen molar-refractivity contribution in [1.29, 1.82) is 0 Å². The van der Waals surface area contributed by atoms with Crippen LogP contribution in [0.4, 0.5) is 0 Å². The standard InChI is InChI=1S/C12H17N3O/c13-7-10-1-3-11(4-2-10)8-15-6-5-14-12(16)9-15/h1-4H,5-9,13H2,(H,14,16). The van der Waals surface area contributed by atoms with Crippen molar-refractivity contribution in [1.82, 2.24) is 10.2 Å². The Morgan fingerprint density at radius 2 is 1.94 bits per heavy atom. The molecule has 0 atom stereocenters. The van der Waals surface area contributed by atoms with Gasteiger partial charge in [-0.1, -0.05) is 24.3 Å². The minimum atomic E-state index is 0.116. The molecule has 16 heavy (non-hydrogen) atoms. The van der Waals surface area contributed by atoms with Crippen molar-refractivity contribution in [3.05, 3.63) is 35.4 Å². The highest BCUT2D eigenvalue weighted by Gasteiger charge is 2.15. The number of piperazine rings is 1. The number of nitrogens with one attached hydrogen (secondary N) is 1. The second kappa shape index (κ2) is 5.09. The summed E-state index contributed by atoms with van der Waals surface area (Å²) >= 11 is 0. The van der Waals surface area contributed by atoms with Crippen LogP contribution in [0.3, 0.4) is 0 Å². The van der Waals surface area contributed by atoms with Crippen LogP contribution in [-0.4, -0.2) is 30.4 Å². The lowest BCUT2D eigenvalue weighted by molar-refractivity contribution is -0.124. The van der Waals surface area contributed by atoms with Crippen LogP contribution in [0.1, 0.15) is 11.1 Å². The fraction of sp³-hybridized carbons (Fsp3) is 0.417. The van der Waals surface area contributed by atoms with Crippen LogP contribution in [-0.2, 0) is 17.9 Å². The van der Waals surface area contributed by atoms with Crippen LogP contribution in [0, 0.1) is 0 Å². The van der Waals surface area contributed by atoms with Crippen LogP contribution in [0.15, 0.2) is 24.3 Å². The number of nitrogens with two attached hydrogens (primary N) is 1. The van der Waals surface area contributed by atoms with Crippen LogP contribution >= 0.6 is 0 Å². The fourth-order valence-corrected chi connectivity index (χ4v) is 1.87. The third kappa shape index (κ3) is 2.81. The first-order valence-electron chi connectivity index (χ1n) is 5.55. The lowest BCUT2D eigenvalue weighted by atomic mass is 10.1. The normalized spacial score (nSPS) is 17.2. The quantitative estimate of drug-likeness (QED) is 0.756. The number of nitrogens with zero attached hydrogens (tertiary/aromatic N) is 1. The average molecular weight is 219 g/mol. The minimum absolute atomic E-state index is 0.116. The maximum Gasteiger partial charge on any atom is 0.234 e. The Morgan fingerprint density at radius 1 is 1.25 bits per heavy atom. The van der Waals surface area contributed by atoms with E-state index in [1.54, 1.807) is 0 Å². The van der Waals surface area contributed by atoms with Crippen LogP contribution < -0.4 is 11.1 Å². The van der Waals surface area contributed by atoms with Crippen molar-refractivity contribution in [2.45, 2.75) is 13.1 Å². The van der Waals surface area contributed by atoms with Crippen molar-refractivity contribution < 1.29 is 4.79 Å². The van der Waals surface area contributed by atoms with Crippen LogP contribution in [0.2, 0.25) is 0 Å². The van der Waals surface area contributed by atoms with Crippen LogP contribution in [0.25, 0.3) is 0 Å². The second-order valence-corrected chi connectivity index (χ2v) is 4.08. The number of hydrogen-bond acceptors (Lipinski definition) is 3. The van der Waals surface area contributed by atoms with E-state index in [0.717, 1.165) is 25.2 Å². The molecule has 4 nitrogen and oxygen atoms in total. The molecule has 1 fully saturated rings. The van der Waals surface area contributed by atoms with Gasteiger partial charge in [-0.2, -0.15) is 0 Å². The molecule has 0 spiro atoms. The largest absolute Gasteiger partial charge is 0.354 e. The zero-order valence-electron chi connectivity index (χ0n) is 9.28. The topological polar surface area (TPSA) is 58.4 Å². The summed E-state index contributed by atoms with van der Waals surface area (Å²) < 4.78 is 0. The summed E-state index contributed by atoms with van der Waals surface area (Å²) in [5.74, 6) is 0.116. The maximum atomic E-state index is 11.2. The van der Waals surface area contributed by atoms with E-state index in [1.165, 1.54) is 5.56 Å². The minimum Gasteiger partial charge on any atom is -0.354 e.